The number of hydrogen-bond donors (Lipinski definition) is 1. The predicted octanol–water partition coefficient (Wildman–Crippen LogP) is 1.61. The van der Waals surface area contributed by atoms with E-state index in [0.717, 1.165) is 22.0 Å². The molecule has 0 aliphatic rings. The van der Waals surface area contributed by atoms with E-state index in [0.29, 0.717) is 12.1 Å². The Kier molecular flexibility index (Phi) is 2.56. The standard InChI is InChI=1S/C13H16N2O/c1-8-4-5-10-9(2)11(7-14)13(16)15(3)12(10)6-8/h4-6H,7,14H2,1-3H3. The quantitative estimate of drug-likeness (QED) is 0.787. The molecule has 0 aliphatic heterocycles. The van der Waals surface area contributed by atoms with Crippen molar-refractivity contribution >= 4 is 10.9 Å². The van der Waals surface area contributed by atoms with Gasteiger partial charge in [0.05, 0.1) is 5.52 Å². The summed E-state index contributed by atoms with van der Waals surface area (Å²) in [5, 5.41) is 1.10. The van der Waals surface area contributed by atoms with Crippen molar-refractivity contribution in [2.75, 3.05) is 0 Å². The Hall–Kier alpha value is -1.61. The van der Waals surface area contributed by atoms with Crippen molar-refractivity contribution in [1.82, 2.24) is 4.57 Å². The van der Waals surface area contributed by atoms with Crippen molar-refractivity contribution in [1.29, 1.82) is 0 Å². The van der Waals surface area contributed by atoms with E-state index in [9.17, 15) is 4.79 Å². The maximum Gasteiger partial charge on any atom is 0.255 e. The van der Waals surface area contributed by atoms with E-state index in [1.165, 1.54) is 0 Å². The van der Waals surface area contributed by atoms with Crippen LogP contribution in [-0.2, 0) is 13.6 Å². The SMILES string of the molecule is Cc1ccc2c(C)c(CN)c(=O)n(C)c2c1. The van der Waals surface area contributed by atoms with Crippen LogP contribution in [0.5, 0.6) is 0 Å². The molecule has 0 bridgehead atoms. The molecule has 0 fully saturated rings. The molecule has 1 heterocycles. The summed E-state index contributed by atoms with van der Waals surface area (Å²) >= 11 is 0. The minimum atomic E-state index is 0.0121. The van der Waals surface area contributed by atoms with Crippen LogP contribution in [0.3, 0.4) is 0 Å². The largest absolute Gasteiger partial charge is 0.326 e. The zero-order valence-corrected chi connectivity index (χ0v) is 9.87. The molecule has 84 valence electrons. The second-order valence-corrected chi connectivity index (χ2v) is 4.19. The van der Waals surface area contributed by atoms with E-state index >= 15 is 0 Å². The average molecular weight is 216 g/mol. The summed E-state index contributed by atoms with van der Waals surface area (Å²) in [6.07, 6.45) is 0. The van der Waals surface area contributed by atoms with E-state index in [1.54, 1.807) is 11.6 Å². The topological polar surface area (TPSA) is 48.0 Å². The number of aromatic nitrogens is 1. The molecule has 0 saturated heterocycles. The first-order chi connectivity index (χ1) is 7.56. The van der Waals surface area contributed by atoms with Crippen LogP contribution in [0.15, 0.2) is 23.0 Å². The molecule has 0 radical (unpaired) electrons. The molecule has 0 spiro atoms. The Bertz CT molecular complexity index is 611. The molecule has 0 unspecified atom stereocenters. The maximum absolute atomic E-state index is 12.0. The highest BCUT2D eigenvalue weighted by molar-refractivity contribution is 5.84. The van der Waals surface area contributed by atoms with Crippen molar-refractivity contribution < 1.29 is 0 Å². The first-order valence-corrected chi connectivity index (χ1v) is 5.35. The van der Waals surface area contributed by atoms with Gasteiger partial charge in [0.1, 0.15) is 0 Å². The average Bonchev–Trinajstić information content (AvgIpc) is 2.27. The number of aryl methyl sites for hydroxylation is 3. The first kappa shape index (κ1) is 10.9. The zero-order chi connectivity index (χ0) is 11.9. The normalized spacial score (nSPS) is 11.0. The molecular weight excluding hydrogens is 200 g/mol. The van der Waals surface area contributed by atoms with Gasteiger partial charge < -0.3 is 10.3 Å². The lowest BCUT2D eigenvalue weighted by Gasteiger charge is -2.12. The van der Waals surface area contributed by atoms with E-state index in [4.69, 9.17) is 5.73 Å². The third kappa shape index (κ3) is 1.44. The van der Waals surface area contributed by atoms with E-state index in [-0.39, 0.29) is 5.56 Å². The number of nitrogens with two attached hydrogens (primary N) is 1. The maximum atomic E-state index is 12.0. The highest BCUT2D eigenvalue weighted by Gasteiger charge is 2.10. The van der Waals surface area contributed by atoms with Crippen LogP contribution in [-0.4, -0.2) is 4.57 Å². The van der Waals surface area contributed by atoms with E-state index in [2.05, 4.69) is 12.1 Å². The summed E-state index contributed by atoms with van der Waals surface area (Å²) < 4.78 is 1.68. The molecule has 0 atom stereocenters. The molecule has 1 aromatic heterocycles. The van der Waals surface area contributed by atoms with Gasteiger partial charge in [-0.2, -0.15) is 0 Å². The fraction of sp³-hybridized carbons (Fsp3) is 0.308. The minimum Gasteiger partial charge on any atom is -0.326 e. The number of benzene rings is 1. The summed E-state index contributed by atoms with van der Waals surface area (Å²) in [5.74, 6) is 0. The van der Waals surface area contributed by atoms with Crippen LogP contribution < -0.4 is 11.3 Å². The van der Waals surface area contributed by atoms with Gasteiger partial charge in [-0.25, -0.2) is 0 Å². The summed E-state index contributed by atoms with van der Waals surface area (Å²) in [7, 11) is 1.79. The first-order valence-electron chi connectivity index (χ1n) is 5.35. The molecule has 0 saturated carbocycles. The summed E-state index contributed by atoms with van der Waals surface area (Å²) in [6, 6.07) is 6.14. The number of nitrogens with zero attached hydrogens (tertiary/aromatic N) is 1. The second-order valence-electron chi connectivity index (χ2n) is 4.19. The lowest BCUT2D eigenvalue weighted by Crippen LogP contribution is -2.25. The van der Waals surface area contributed by atoms with Gasteiger partial charge in [-0.05, 0) is 31.0 Å². The molecule has 2 rings (SSSR count). The van der Waals surface area contributed by atoms with Crippen LogP contribution in [0.2, 0.25) is 0 Å². The number of fused-ring (bicyclic) bond motifs is 1. The predicted molar refractivity (Wildman–Crippen MR) is 66.6 cm³/mol. The van der Waals surface area contributed by atoms with Crippen LogP contribution >= 0.6 is 0 Å². The fourth-order valence-corrected chi connectivity index (χ4v) is 2.11. The summed E-state index contributed by atoms with van der Waals surface area (Å²) in [5.41, 5.74) is 9.47. The molecule has 2 aromatic rings. The Morgan fingerprint density at radius 2 is 2.00 bits per heavy atom. The van der Waals surface area contributed by atoms with E-state index in [1.807, 2.05) is 19.9 Å². The molecule has 16 heavy (non-hydrogen) atoms. The third-order valence-corrected chi connectivity index (χ3v) is 3.14. The van der Waals surface area contributed by atoms with E-state index < -0.39 is 0 Å². The van der Waals surface area contributed by atoms with Gasteiger partial charge in [0.15, 0.2) is 0 Å². The molecule has 1 aromatic carbocycles. The Labute approximate surface area is 94.5 Å². The van der Waals surface area contributed by atoms with Crippen LogP contribution in [0, 0.1) is 13.8 Å². The lowest BCUT2D eigenvalue weighted by molar-refractivity contribution is 0.862. The molecular formula is C13H16N2O. The molecule has 3 heteroatoms. The van der Waals surface area contributed by atoms with Gasteiger partial charge >= 0.3 is 0 Å². The van der Waals surface area contributed by atoms with Crippen molar-refractivity contribution in [2.24, 2.45) is 12.8 Å². The molecule has 0 aliphatic carbocycles. The fourth-order valence-electron chi connectivity index (χ4n) is 2.11. The number of rotatable bonds is 1. The molecule has 2 N–H and O–H groups in total. The Balaban J connectivity index is 3.01. The van der Waals surface area contributed by atoms with Gasteiger partial charge in [0, 0.05) is 24.5 Å². The van der Waals surface area contributed by atoms with Crippen molar-refractivity contribution in [3.05, 3.63) is 45.2 Å². The highest BCUT2D eigenvalue weighted by Crippen LogP contribution is 2.19. The van der Waals surface area contributed by atoms with Crippen molar-refractivity contribution in [2.45, 2.75) is 20.4 Å². The molecule has 3 nitrogen and oxygen atoms in total. The summed E-state index contributed by atoms with van der Waals surface area (Å²) in [6.45, 7) is 4.28. The Morgan fingerprint density at radius 1 is 1.31 bits per heavy atom. The monoisotopic (exact) mass is 216 g/mol. The van der Waals surface area contributed by atoms with Gasteiger partial charge in [0.2, 0.25) is 0 Å². The third-order valence-electron chi connectivity index (χ3n) is 3.14. The number of pyridine rings is 1. The van der Waals surface area contributed by atoms with Gasteiger partial charge in [-0.15, -0.1) is 0 Å². The van der Waals surface area contributed by atoms with Crippen LogP contribution in [0.1, 0.15) is 16.7 Å². The molecule has 0 amide bonds. The zero-order valence-electron chi connectivity index (χ0n) is 9.87. The van der Waals surface area contributed by atoms with Crippen molar-refractivity contribution in [3.8, 4) is 0 Å². The van der Waals surface area contributed by atoms with Gasteiger partial charge in [0.25, 0.3) is 5.56 Å². The van der Waals surface area contributed by atoms with Crippen LogP contribution in [0.25, 0.3) is 10.9 Å². The smallest absolute Gasteiger partial charge is 0.255 e. The van der Waals surface area contributed by atoms with Crippen LogP contribution in [0.4, 0.5) is 0 Å². The lowest BCUT2D eigenvalue weighted by atomic mass is 10.0. The number of hydrogen-bond acceptors (Lipinski definition) is 2. The minimum absolute atomic E-state index is 0.0121. The summed E-state index contributed by atoms with van der Waals surface area (Å²) in [4.78, 5) is 12.0. The Morgan fingerprint density at radius 3 is 2.62 bits per heavy atom. The highest BCUT2D eigenvalue weighted by atomic mass is 16.1. The van der Waals surface area contributed by atoms with Gasteiger partial charge in [-0.3, -0.25) is 4.79 Å². The van der Waals surface area contributed by atoms with Crippen molar-refractivity contribution in [3.63, 3.8) is 0 Å². The second kappa shape index (κ2) is 3.76. The van der Waals surface area contributed by atoms with Gasteiger partial charge in [-0.1, -0.05) is 12.1 Å².